The second-order valence-corrected chi connectivity index (χ2v) is 6.56. The van der Waals surface area contributed by atoms with Crippen molar-refractivity contribution in [2.45, 2.75) is 0 Å². The van der Waals surface area contributed by atoms with Gasteiger partial charge < -0.3 is 9.47 Å². The second-order valence-electron chi connectivity index (χ2n) is 6.56. The second kappa shape index (κ2) is 7.71. The van der Waals surface area contributed by atoms with E-state index in [4.69, 9.17) is 9.47 Å². The minimum absolute atomic E-state index is 0.167. The Morgan fingerprint density at radius 3 is 2.30 bits per heavy atom. The van der Waals surface area contributed by atoms with Crippen LogP contribution < -0.4 is 19.7 Å². The number of imide groups is 2. The molecule has 0 radical (unpaired) electrons. The number of barbiturate groups is 1. The third-order valence-corrected chi connectivity index (χ3v) is 4.87. The van der Waals surface area contributed by atoms with Crippen molar-refractivity contribution >= 4 is 40.4 Å². The van der Waals surface area contributed by atoms with Crippen LogP contribution in [0, 0.1) is 0 Å². The van der Waals surface area contributed by atoms with Gasteiger partial charge in [0, 0.05) is 5.56 Å². The molecular weight excluding hydrogens is 384 g/mol. The number of benzene rings is 3. The van der Waals surface area contributed by atoms with Crippen LogP contribution >= 0.6 is 0 Å². The third-order valence-electron chi connectivity index (χ3n) is 4.87. The van der Waals surface area contributed by atoms with Crippen LogP contribution in [0.4, 0.5) is 10.5 Å². The van der Waals surface area contributed by atoms with E-state index in [1.807, 2.05) is 30.3 Å². The van der Waals surface area contributed by atoms with Gasteiger partial charge in [0.1, 0.15) is 17.1 Å². The Kier molecular flexibility index (Phi) is 4.93. The van der Waals surface area contributed by atoms with Gasteiger partial charge >= 0.3 is 6.03 Å². The van der Waals surface area contributed by atoms with Crippen molar-refractivity contribution in [1.82, 2.24) is 5.32 Å². The topological polar surface area (TPSA) is 84.9 Å². The highest BCUT2D eigenvalue weighted by Crippen LogP contribution is 2.31. The first-order valence-electron chi connectivity index (χ1n) is 9.14. The Morgan fingerprint density at radius 2 is 1.60 bits per heavy atom. The van der Waals surface area contributed by atoms with Gasteiger partial charge in [-0.1, -0.05) is 30.3 Å². The summed E-state index contributed by atoms with van der Waals surface area (Å²) in [4.78, 5) is 39.0. The minimum Gasteiger partial charge on any atom is -0.497 e. The molecule has 1 saturated heterocycles. The summed E-state index contributed by atoms with van der Waals surface area (Å²) in [7, 11) is 3.03. The maximum absolute atomic E-state index is 13.1. The van der Waals surface area contributed by atoms with Crippen LogP contribution in [0.2, 0.25) is 0 Å². The van der Waals surface area contributed by atoms with Crippen LogP contribution in [-0.4, -0.2) is 32.1 Å². The van der Waals surface area contributed by atoms with Crippen LogP contribution in [0.25, 0.3) is 16.8 Å². The third kappa shape index (κ3) is 3.26. The lowest BCUT2D eigenvalue weighted by molar-refractivity contribution is -0.122. The summed E-state index contributed by atoms with van der Waals surface area (Å²) in [6, 6.07) is 16.8. The smallest absolute Gasteiger partial charge is 0.335 e. The predicted molar refractivity (Wildman–Crippen MR) is 112 cm³/mol. The molecule has 1 aliphatic heterocycles. The molecule has 30 heavy (non-hydrogen) atoms. The van der Waals surface area contributed by atoms with Crippen LogP contribution in [0.1, 0.15) is 5.56 Å². The standard InChI is InChI=1S/C23H18N2O5/c1-29-16-10-8-15(9-11-16)25-22(27)19(21(26)24-23(25)28)13-18-17-6-4-3-5-14(17)7-12-20(18)30-2/h3-13H,1-2H3,(H,24,26,28)/b19-13-. The molecule has 4 amide bonds. The average Bonchev–Trinajstić information content (AvgIpc) is 2.76. The molecule has 4 rings (SSSR count). The number of carbonyl (C=O) groups excluding carboxylic acids is 3. The number of rotatable bonds is 4. The van der Waals surface area contributed by atoms with E-state index in [1.54, 1.807) is 30.3 Å². The molecule has 0 saturated carbocycles. The summed E-state index contributed by atoms with van der Waals surface area (Å²) < 4.78 is 10.6. The Labute approximate surface area is 172 Å². The molecule has 3 aromatic carbocycles. The number of methoxy groups -OCH3 is 2. The summed E-state index contributed by atoms with van der Waals surface area (Å²) in [5.74, 6) is -0.390. The van der Waals surface area contributed by atoms with E-state index in [9.17, 15) is 14.4 Å². The fraction of sp³-hybridized carbons (Fsp3) is 0.0870. The minimum atomic E-state index is -0.808. The highest BCUT2D eigenvalue weighted by Gasteiger charge is 2.37. The maximum Gasteiger partial charge on any atom is 0.335 e. The molecule has 0 unspecified atom stereocenters. The van der Waals surface area contributed by atoms with Crippen molar-refractivity contribution < 1.29 is 23.9 Å². The number of amides is 4. The number of hydrogen-bond donors (Lipinski definition) is 1. The van der Waals surface area contributed by atoms with Crippen molar-refractivity contribution in [1.29, 1.82) is 0 Å². The quantitative estimate of drug-likeness (QED) is 0.533. The lowest BCUT2D eigenvalue weighted by atomic mass is 9.99. The van der Waals surface area contributed by atoms with Crippen molar-refractivity contribution in [3.63, 3.8) is 0 Å². The van der Waals surface area contributed by atoms with Crippen LogP contribution in [0.5, 0.6) is 11.5 Å². The molecule has 7 nitrogen and oxygen atoms in total. The van der Waals surface area contributed by atoms with E-state index < -0.39 is 17.8 Å². The molecule has 1 aliphatic rings. The maximum atomic E-state index is 13.1. The number of anilines is 1. The van der Waals surface area contributed by atoms with Gasteiger partial charge in [-0.25, -0.2) is 9.69 Å². The molecule has 1 heterocycles. The van der Waals surface area contributed by atoms with Gasteiger partial charge in [0.25, 0.3) is 11.8 Å². The number of fused-ring (bicyclic) bond motifs is 1. The average molecular weight is 402 g/mol. The number of carbonyl (C=O) groups is 3. The molecule has 0 atom stereocenters. The highest BCUT2D eigenvalue weighted by atomic mass is 16.5. The lowest BCUT2D eigenvalue weighted by Crippen LogP contribution is -2.54. The molecule has 0 bridgehead atoms. The molecule has 0 aromatic heterocycles. The number of urea groups is 1. The van der Waals surface area contributed by atoms with E-state index >= 15 is 0 Å². The SMILES string of the molecule is COc1ccc(N2C(=O)NC(=O)/C(=C/c3c(OC)ccc4ccccc34)C2=O)cc1. The molecule has 1 N–H and O–H groups in total. The zero-order chi connectivity index (χ0) is 21.3. The molecule has 1 fully saturated rings. The Balaban J connectivity index is 1.83. The van der Waals surface area contributed by atoms with Crippen molar-refractivity contribution in [2.24, 2.45) is 0 Å². The van der Waals surface area contributed by atoms with Crippen LogP contribution in [-0.2, 0) is 9.59 Å². The van der Waals surface area contributed by atoms with Gasteiger partial charge in [-0.05, 0) is 47.2 Å². The largest absolute Gasteiger partial charge is 0.497 e. The van der Waals surface area contributed by atoms with E-state index in [0.717, 1.165) is 15.7 Å². The lowest BCUT2D eigenvalue weighted by Gasteiger charge is -2.26. The molecule has 0 aliphatic carbocycles. The first-order valence-corrected chi connectivity index (χ1v) is 9.14. The van der Waals surface area contributed by atoms with E-state index in [-0.39, 0.29) is 5.57 Å². The van der Waals surface area contributed by atoms with Gasteiger partial charge in [0.15, 0.2) is 0 Å². The number of nitrogens with one attached hydrogen (secondary N) is 1. The summed E-state index contributed by atoms with van der Waals surface area (Å²) in [5, 5.41) is 3.97. The van der Waals surface area contributed by atoms with Gasteiger partial charge in [-0.15, -0.1) is 0 Å². The number of nitrogens with zero attached hydrogens (tertiary/aromatic N) is 1. The van der Waals surface area contributed by atoms with Gasteiger partial charge in [-0.3, -0.25) is 14.9 Å². The first kappa shape index (κ1) is 19.2. The van der Waals surface area contributed by atoms with Crippen LogP contribution in [0.15, 0.2) is 66.2 Å². The first-order chi connectivity index (χ1) is 14.5. The van der Waals surface area contributed by atoms with Crippen molar-refractivity contribution in [3.05, 3.63) is 71.8 Å². The predicted octanol–water partition coefficient (Wildman–Crippen LogP) is 3.52. The zero-order valence-corrected chi connectivity index (χ0v) is 16.3. The highest BCUT2D eigenvalue weighted by molar-refractivity contribution is 6.39. The number of hydrogen-bond acceptors (Lipinski definition) is 5. The molecule has 150 valence electrons. The van der Waals surface area contributed by atoms with E-state index in [2.05, 4.69) is 5.32 Å². The van der Waals surface area contributed by atoms with Gasteiger partial charge in [-0.2, -0.15) is 0 Å². The Bertz CT molecular complexity index is 1200. The van der Waals surface area contributed by atoms with Crippen molar-refractivity contribution in [3.8, 4) is 11.5 Å². The zero-order valence-electron chi connectivity index (χ0n) is 16.3. The van der Waals surface area contributed by atoms with E-state index in [0.29, 0.717) is 22.7 Å². The summed E-state index contributed by atoms with van der Waals surface area (Å²) in [5.41, 5.74) is 0.736. The fourth-order valence-electron chi connectivity index (χ4n) is 3.37. The Morgan fingerprint density at radius 1 is 0.867 bits per heavy atom. The molecular formula is C23H18N2O5. The van der Waals surface area contributed by atoms with E-state index in [1.165, 1.54) is 20.3 Å². The van der Waals surface area contributed by atoms with Gasteiger partial charge in [0.05, 0.1) is 19.9 Å². The van der Waals surface area contributed by atoms with Crippen LogP contribution in [0.3, 0.4) is 0 Å². The normalized spacial score (nSPS) is 15.5. The summed E-state index contributed by atoms with van der Waals surface area (Å²) in [6.45, 7) is 0. The molecule has 0 spiro atoms. The summed E-state index contributed by atoms with van der Waals surface area (Å²) in [6.07, 6.45) is 1.46. The molecule has 7 heteroatoms. The van der Waals surface area contributed by atoms with Crippen molar-refractivity contribution in [2.75, 3.05) is 19.1 Å². The van der Waals surface area contributed by atoms with Gasteiger partial charge in [0.2, 0.25) is 0 Å². The monoisotopic (exact) mass is 402 g/mol. The Hall–Kier alpha value is -4.13. The number of ether oxygens (including phenoxy) is 2. The molecule has 3 aromatic rings. The summed E-state index contributed by atoms with van der Waals surface area (Å²) >= 11 is 0. The fourth-order valence-corrected chi connectivity index (χ4v) is 3.37.